The van der Waals surface area contributed by atoms with E-state index in [1.165, 1.54) is 0 Å². The molecule has 1 N–H and O–H groups in total. The molecule has 0 fully saturated rings. The first-order valence-electron chi connectivity index (χ1n) is 0.728. The van der Waals surface area contributed by atoms with Crippen molar-refractivity contribution >= 4 is 22.9 Å². The van der Waals surface area contributed by atoms with Crippen LogP contribution in [0, 0.1) is 12.5 Å². The summed E-state index contributed by atoms with van der Waals surface area (Å²) in [6, 6.07) is 2.17. The summed E-state index contributed by atoms with van der Waals surface area (Å²) in [5.74, 6) is 0. The molecule has 0 spiro atoms. The fourth-order valence-electron chi connectivity index (χ4n) is 0. The number of nitrogens with one attached hydrogen (secondary N) is 1. The smallest absolute Gasteiger partial charge is 0.0645 e. The predicted molar refractivity (Wildman–Crippen MR) is 26.0 cm³/mol. The lowest BCUT2D eigenvalue weighted by Crippen LogP contribution is -1.74. The normalized spacial score (nSPS) is 4.00. The van der Waals surface area contributed by atoms with Gasteiger partial charge in [-0.2, -0.15) is 0 Å². The molecule has 0 saturated carbocycles. The molecule has 0 aromatic heterocycles. The van der Waals surface area contributed by atoms with Crippen molar-refractivity contribution in [3.05, 3.63) is 0 Å². The van der Waals surface area contributed by atoms with E-state index in [0.29, 0.717) is 0 Å². The van der Waals surface area contributed by atoms with Crippen LogP contribution in [0.4, 0.5) is 0 Å². The van der Waals surface area contributed by atoms with Crippen LogP contribution < -0.4 is 3.53 Å². The maximum Gasteiger partial charge on any atom is 0.0645 e. The summed E-state index contributed by atoms with van der Waals surface area (Å²) in [6.45, 7) is 0. The van der Waals surface area contributed by atoms with E-state index in [1.54, 1.807) is 0 Å². The molecule has 1 nitrogen and oxygen atoms in total. The quantitative estimate of drug-likeness (QED) is 0.240. The summed E-state index contributed by atoms with van der Waals surface area (Å²) in [5.41, 5.74) is 0. The van der Waals surface area contributed by atoms with Crippen molar-refractivity contribution in [2.45, 2.75) is 0 Å². The highest BCUT2D eigenvalue weighted by atomic mass is 127. The molecule has 0 aliphatic rings. The standard InChI is InChI=1S/C2H2IN/c1-2-4-3/h1,4H. The van der Waals surface area contributed by atoms with E-state index in [2.05, 4.69) is 16.0 Å². The van der Waals surface area contributed by atoms with Gasteiger partial charge in [0.05, 0.1) is 22.9 Å². The molecule has 0 aromatic rings. The summed E-state index contributed by atoms with van der Waals surface area (Å²) in [4.78, 5) is 0. The van der Waals surface area contributed by atoms with Gasteiger partial charge in [0.25, 0.3) is 0 Å². The highest BCUT2D eigenvalue weighted by molar-refractivity contribution is 14.1. The van der Waals surface area contributed by atoms with E-state index in [1.807, 2.05) is 22.9 Å². The Morgan fingerprint density at radius 1 is 2.00 bits per heavy atom. The SMILES string of the molecule is C#CNI. The van der Waals surface area contributed by atoms with Gasteiger partial charge in [0.15, 0.2) is 0 Å². The molecule has 0 heterocycles. The maximum atomic E-state index is 4.66. The largest absolute Gasteiger partial charge is 0.288 e. The Labute approximate surface area is 39.3 Å². The van der Waals surface area contributed by atoms with Crippen molar-refractivity contribution in [2.75, 3.05) is 0 Å². The molecule has 4 heavy (non-hydrogen) atoms. The van der Waals surface area contributed by atoms with Gasteiger partial charge in [-0.3, -0.25) is 3.53 Å². The number of terminal acetylenes is 1. The van der Waals surface area contributed by atoms with Crippen LogP contribution in [0.1, 0.15) is 0 Å². The highest BCUT2D eigenvalue weighted by Crippen LogP contribution is 1.55. The topological polar surface area (TPSA) is 12.0 Å². The Kier molecular flexibility index (Phi) is 3.16. The summed E-state index contributed by atoms with van der Waals surface area (Å²) in [5, 5.41) is 0. The maximum absolute atomic E-state index is 4.66. The van der Waals surface area contributed by atoms with E-state index < -0.39 is 0 Å². The van der Waals surface area contributed by atoms with Crippen LogP contribution in [0.2, 0.25) is 0 Å². The zero-order valence-electron chi connectivity index (χ0n) is 1.96. The Hall–Kier alpha value is 0.0900. The first-order valence-corrected chi connectivity index (χ1v) is 1.81. The third-order valence-electron chi connectivity index (χ3n) is 0.0546. The van der Waals surface area contributed by atoms with Gasteiger partial charge < -0.3 is 0 Å². The minimum atomic E-state index is 1.87. The number of hydrogen-bond donors (Lipinski definition) is 1. The summed E-state index contributed by atoms with van der Waals surface area (Å²) in [6.07, 6.45) is 4.66. The van der Waals surface area contributed by atoms with Gasteiger partial charge in [-0.05, 0) is 0 Å². The molecule has 0 aliphatic carbocycles. The van der Waals surface area contributed by atoms with E-state index in [9.17, 15) is 0 Å². The summed E-state index contributed by atoms with van der Waals surface area (Å²) < 4.78 is 2.43. The van der Waals surface area contributed by atoms with Crippen molar-refractivity contribution in [1.29, 1.82) is 0 Å². The van der Waals surface area contributed by atoms with Crippen LogP contribution in [0.5, 0.6) is 0 Å². The van der Waals surface area contributed by atoms with Crippen molar-refractivity contribution < 1.29 is 0 Å². The first kappa shape index (κ1) is 4.09. The molecule has 0 amide bonds. The molecule has 0 unspecified atom stereocenters. The number of hydrogen-bond acceptors (Lipinski definition) is 1. The second-order valence-electron chi connectivity index (χ2n) is 0.239. The Morgan fingerprint density at radius 2 is 2.25 bits per heavy atom. The van der Waals surface area contributed by atoms with Crippen LogP contribution in [-0.2, 0) is 0 Å². The number of halogens is 1. The molecule has 0 rings (SSSR count). The molecule has 0 radical (unpaired) electrons. The van der Waals surface area contributed by atoms with Gasteiger partial charge in [-0.25, -0.2) is 0 Å². The van der Waals surface area contributed by atoms with E-state index in [0.717, 1.165) is 0 Å². The van der Waals surface area contributed by atoms with Crippen LogP contribution in [-0.4, -0.2) is 0 Å². The van der Waals surface area contributed by atoms with E-state index in [-0.39, 0.29) is 0 Å². The Bertz CT molecular complexity index is 35.8. The first-order chi connectivity index (χ1) is 1.91. The zero-order chi connectivity index (χ0) is 3.41. The second-order valence-corrected chi connectivity index (χ2v) is 0.778. The van der Waals surface area contributed by atoms with Crippen molar-refractivity contribution in [3.8, 4) is 12.5 Å². The minimum Gasteiger partial charge on any atom is -0.288 e. The minimum absolute atomic E-state index is 1.87. The third kappa shape index (κ3) is 2.09. The van der Waals surface area contributed by atoms with Crippen LogP contribution in [0.25, 0.3) is 0 Å². The van der Waals surface area contributed by atoms with E-state index in [4.69, 9.17) is 0 Å². The van der Waals surface area contributed by atoms with Crippen molar-refractivity contribution in [3.63, 3.8) is 0 Å². The molecule has 0 saturated heterocycles. The van der Waals surface area contributed by atoms with Gasteiger partial charge in [0, 0.05) is 6.04 Å². The molecule has 2 heteroatoms. The average molecular weight is 167 g/mol. The molecule has 0 bridgehead atoms. The van der Waals surface area contributed by atoms with Crippen molar-refractivity contribution in [2.24, 2.45) is 0 Å². The number of rotatable bonds is 0. The van der Waals surface area contributed by atoms with Gasteiger partial charge in [0.1, 0.15) is 0 Å². The van der Waals surface area contributed by atoms with Gasteiger partial charge in [-0.1, -0.05) is 6.42 Å². The van der Waals surface area contributed by atoms with Crippen molar-refractivity contribution in [1.82, 2.24) is 3.53 Å². The summed E-state index contributed by atoms with van der Waals surface area (Å²) in [7, 11) is 0. The zero-order valence-corrected chi connectivity index (χ0v) is 4.11. The van der Waals surface area contributed by atoms with Gasteiger partial charge >= 0.3 is 0 Å². The molecule has 22 valence electrons. The molecular formula is C2H2IN. The summed E-state index contributed by atoms with van der Waals surface area (Å²) >= 11 is 1.87. The fourth-order valence-corrected chi connectivity index (χ4v) is 0. The Balaban J connectivity index is 2.43. The fraction of sp³-hybridized carbons (Fsp3) is 0. The van der Waals surface area contributed by atoms with Gasteiger partial charge in [0.2, 0.25) is 0 Å². The van der Waals surface area contributed by atoms with Gasteiger partial charge in [-0.15, -0.1) is 0 Å². The second kappa shape index (κ2) is 3.09. The van der Waals surface area contributed by atoms with Crippen LogP contribution >= 0.6 is 22.9 Å². The monoisotopic (exact) mass is 167 g/mol. The van der Waals surface area contributed by atoms with E-state index >= 15 is 0 Å². The average Bonchev–Trinajstić information content (AvgIpc) is 1.37. The highest BCUT2D eigenvalue weighted by Gasteiger charge is 1.37. The third-order valence-corrected chi connectivity index (χ3v) is 0.366. The molecular weight excluding hydrogens is 165 g/mol. The lowest BCUT2D eigenvalue weighted by atomic mass is 11.2. The Morgan fingerprint density at radius 3 is 2.25 bits per heavy atom. The molecule has 0 aliphatic heterocycles. The lowest BCUT2D eigenvalue weighted by molar-refractivity contribution is 1.62. The van der Waals surface area contributed by atoms with Crippen LogP contribution in [0.3, 0.4) is 0 Å². The predicted octanol–water partition coefficient (Wildman–Crippen LogP) is 0.517. The molecule has 0 atom stereocenters. The van der Waals surface area contributed by atoms with Crippen LogP contribution in [0.15, 0.2) is 0 Å². The lowest BCUT2D eigenvalue weighted by Gasteiger charge is -1.60. The molecule has 0 aromatic carbocycles.